The Labute approximate surface area is 154 Å². The molecule has 6 nitrogen and oxygen atoms in total. The standard InChI is InChI=1S/C20H16FN3O3/c1-12(2)26-18-6-4-15(10-16(18)21)19-22-20(23-27-19)24-8-7-14-9-13(11-25)3-5-17(14)24/h3-12H,1-2H3. The highest BCUT2D eigenvalue weighted by atomic mass is 19.1. The molecule has 4 aromatic rings. The Morgan fingerprint density at radius 1 is 1.19 bits per heavy atom. The lowest BCUT2D eigenvalue weighted by atomic mass is 10.2. The van der Waals surface area contributed by atoms with E-state index in [1.165, 1.54) is 6.07 Å². The van der Waals surface area contributed by atoms with E-state index < -0.39 is 5.82 Å². The summed E-state index contributed by atoms with van der Waals surface area (Å²) in [5.74, 6) is 0.206. The fraction of sp³-hybridized carbons (Fsp3) is 0.150. The summed E-state index contributed by atoms with van der Waals surface area (Å²) >= 11 is 0. The highest BCUT2D eigenvalue weighted by Gasteiger charge is 2.15. The van der Waals surface area contributed by atoms with E-state index in [1.54, 1.807) is 35.0 Å². The quantitative estimate of drug-likeness (QED) is 0.490. The van der Waals surface area contributed by atoms with Crippen molar-refractivity contribution in [2.75, 3.05) is 0 Å². The first-order valence-electron chi connectivity index (χ1n) is 8.42. The number of carbonyl (C=O) groups excluding carboxylic acids is 1. The maximum absolute atomic E-state index is 14.2. The number of nitrogens with zero attached hydrogens (tertiary/aromatic N) is 3. The SMILES string of the molecule is CC(C)Oc1ccc(-c2nc(-n3ccc4cc(C=O)ccc43)no2)cc1F. The number of fused-ring (bicyclic) bond motifs is 1. The van der Waals surface area contributed by atoms with Crippen molar-refractivity contribution >= 4 is 17.2 Å². The predicted octanol–water partition coefficient (Wildman–Crippen LogP) is 4.42. The molecule has 0 radical (unpaired) electrons. The third-order valence-corrected chi connectivity index (χ3v) is 4.02. The molecule has 0 amide bonds. The van der Waals surface area contributed by atoms with Crippen LogP contribution < -0.4 is 4.74 Å². The Kier molecular flexibility index (Phi) is 4.19. The third kappa shape index (κ3) is 3.19. The molecule has 0 atom stereocenters. The van der Waals surface area contributed by atoms with Gasteiger partial charge < -0.3 is 9.26 Å². The molecule has 0 aliphatic carbocycles. The lowest BCUT2D eigenvalue weighted by Gasteiger charge is -2.10. The molecule has 0 saturated heterocycles. The fourth-order valence-corrected chi connectivity index (χ4v) is 2.82. The van der Waals surface area contributed by atoms with E-state index >= 15 is 0 Å². The van der Waals surface area contributed by atoms with Crippen molar-refractivity contribution in [2.24, 2.45) is 0 Å². The zero-order valence-electron chi connectivity index (χ0n) is 14.7. The summed E-state index contributed by atoms with van der Waals surface area (Å²) in [5, 5.41) is 4.86. The number of aromatic nitrogens is 3. The molecule has 0 unspecified atom stereocenters. The Morgan fingerprint density at radius 2 is 2.04 bits per heavy atom. The second-order valence-electron chi connectivity index (χ2n) is 6.33. The Balaban J connectivity index is 1.68. The van der Waals surface area contributed by atoms with Crippen LogP contribution in [-0.4, -0.2) is 27.1 Å². The van der Waals surface area contributed by atoms with E-state index in [0.717, 1.165) is 17.2 Å². The Bertz CT molecular complexity index is 1130. The summed E-state index contributed by atoms with van der Waals surface area (Å²) in [4.78, 5) is 15.3. The van der Waals surface area contributed by atoms with Crippen molar-refractivity contribution in [1.29, 1.82) is 0 Å². The third-order valence-electron chi connectivity index (χ3n) is 4.02. The van der Waals surface area contributed by atoms with Gasteiger partial charge in [0.05, 0.1) is 11.6 Å². The van der Waals surface area contributed by atoms with Gasteiger partial charge in [0, 0.05) is 22.7 Å². The zero-order valence-corrected chi connectivity index (χ0v) is 14.7. The van der Waals surface area contributed by atoms with Crippen LogP contribution in [0.4, 0.5) is 4.39 Å². The van der Waals surface area contributed by atoms with Crippen molar-refractivity contribution in [2.45, 2.75) is 20.0 Å². The van der Waals surface area contributed by atoms with Crippen LogP contribution in [0.2, 0.25) is 0 Å². The van der Waals surface area contributed by atoms with E-state index in [2.05, 4.69) is 10.1 Å². The number of rotatable bonds is 5. The number of benzene rings is 2. The number of carbonyl (C=O) groups is 1. The van der Waals surface area contributed by atoms with E-state index in [4.69, 9.17) is 9.26 Å². The van der Waals surface area contributed by atoms with Gasteiger partial charge >= 0.3 is 0 Å². The highest BCUT2D eigenvalue weighted by molar-refractivity contribution is 5.88. The lowest BCUT2D eigenvalue weighted by Crippen LogP contribution is -2.06. The van der Waals surface area contributed by atoms with Gasteiger partial charge in [0.25, 0.3) is 11.8 Å². The molecular formula is C20H16FN3O3. The lowest BCUT2D eigenvalue weighted by molar-refractivity contribution is 0.112. The number of halogens is 1. The number of hydrogen-bond donors (Lipinski definition) is 0. The molecule has 136 valence electrons. The average Bonchev–Trinajstić information content (AvgIpc) is 3.29. The number of aldehydes is 1. The van der Waals surface area contributed by atoms with Gasteiger partial charge in [-0.1, -0.05) is 0 Å². The molecule has 7 heteroatoms. The van der Waals surface area contributed by atoms with Crippen LogP contribution in [0.25, 0.3) is 28.3 Å². The van der Waals surface area contributed by atoms with Gasteiger partial charge in [-0.3, -0.25) is 9.36 Å². The molecule has 0 bridgehead atoms. The van der Waals surface area contributed by atoms with Gasteiger partial charge in [0.15, 0.2) is 11.6 Å². The first-order chi connectivity index (χ1) is 13.0. The molecule has 0 aliphatic heterocycles. The van der Waals surface area contributed by atoms with Crippen molar-refractivity contribution in [3.05, 3.63) is 60.0 Å². The molecule has 0 saturated carbocycles. The van der Waals surface area contributed by atoms with Crippen LogP contribution in [0, 0.1) is 5.82 Å². The highest BCUT2D eigenvalue weighted by Crippen LogP contribution is 2.27. The summed E-state index contributed by atoms with van der Waals surface area (Å²) < 4.78 is 26.6. The summed E-state index contributed by atoms with van der Waals surface area (Å²) in [5.41, 5.74) is 1.88. The largest absolute Gasteiger partial charge is 0.488 e. The molecule has 2 aromatic carbocycles. The smallest absolute Gasteiger partial charge is 0.275 e. The fourth-order valence-electron chi connectivity index (χ4n) is 2.82. The summed E-state index contributed by atoms with van der Waals surface area (Å²) in [7, 11) is 0. The van der Waals surface area contributed by atoms with Crippen LogP contribution in [0.1, 0.15) is 24.2 Å². The molecular weight excluding hydrogens is 349 g/mol. The molecule has 0 spiro atoms. The van der Waals surface area contributed by atoms with E-state index in [0.29, 0.717) is 17.1 Å². The molecule has 2 aromatic heterocycles. The minimum absolute atomic E-state index is 0.123. The molecule has 4 rings (SSSR count). The van der Waals surface area contributed by atoms with Gasteiger partial charge in [0.2, 0.25) is 0 Å². The first-order valence-corrected chi connectivity index (χ1v) is 8.42. The molecule has 0 fully saturated rings. The van der Waals surface area contributed by atoms with Gasteiger partial charge in [-0.05, 0) is 61.5 Å². The molecule has 2 heterocycles. The van der Waals surface area contributed by atoms with E-state index in [9.17, 15) is 9.18 Å². The summed E-state index contributed by atoms with van der Waals surface area (Å²) in [6.07, 6.45) is 2.46. The molecule has 27 heavy (non-hydrogen) atoms. The van der Waals surface area contributed by atoms with Gasteiger partial charge in [-0.25, -0.2) is 4.39 Å². The maximum Gasteiger partial charge on any atom is 0.275 e. The summed E-state index contributed by atoms with van der Waals surface area (Å²) in [6.45, 7) is 3.66. The Hall–Kier alpha value is -3.48. The van der Waals surface area contributed by atoms with Crippen molar-refractivity contribution < 1.29 is 18.4 Å². The minimum Gasteiger partial charge on any atom is -0.488 e. The van der Waals surface area contributed by atoms with Gasteiger partial charge in [-0.15, -0.1) is 0 Å². The Morgan fingerprint density at radius 3 is 2.78 bits per heavy atom. The average molecular weight is 365 g/mol. The van der Waals surface area contributed by atoms with Gasteiger partial charge in [0.1, 0.15) is 6.29 Å². The van der Waals surface area contributed by atoms with Crippen LogP contribution in [0.5, 0.6) is 5.75 Å². The van der Waals surface area contributed by atoms with Crippen LogP contribution in [0.15, 0.2) is 53.2 Å². The van der Waals surface area contributed by atoms with Crippen LogP contribution in [0.3, 0.4) is 0 Å². The van der Waals surface area contributed by atoms with Crippen LogP contribution >= 0.6 is 0 Å². The van der Waals surface area contributed by atoms with E-state index in [-0.39, 0.29) is 17.7 Å². The number of ether oxygens (including phenoxy) is 1. The summed E-state index contributed by atoms with van der Waals surface area (Å²) in [6, 6.07) is 11.7. The second kappa shape index (κ2) is 6.68. The topological polar surface area (TPSA) is 70.2 Å². The van der Waals surface area contributed by atoms with Crippen molar-refractivity contribution in [1.82, 2.24) is 14.7 Å². The molecule has 0 aliphatic rings. The van der Waals surface area contributed by atoms with E-state index in [1.807, 2.05) is 26.0 Å². The van der Waals surface area contributed by atoms with Crippen molar-refractivity contribution in [3.8, 4) is 23.2 Å². The first kappa shape index (κ1) is 17.0. The van der Waals surface area contributed by atoms with Gasteiger partial charge in [-0.2, -0.15) is 4.98 Å². The predicted molar refractivity (Wildman–Crippen MR) is 97.7 cm³/mol. The number of hydrogen-bond acceptors (Lipinski definition) is 5. The second-order valence-corrected chi connectivity index (χ2v) is 6.33. The normalized spacial score (nSPS) is 11.3. The maximum atomic E-state index is 14.2. The molecule has 0 N–H and O–H groups in total. The monoisotopic (exact) mass is 365 g/mol. The minimum atomic E-state index is -0.492. The zero-order chi connectivity index (χ0) is 19.0. The van der Waals surface area contributed by atoms with Crippen LogP contribution in [-0.2, 0) is 0 Å². The van der Waals surface area contributed by atoms with Crippen molar-refractivity contribution in [3.63, 3.8) is 0 Å².